The van der Waals surface area contributed by atoms with Crippen molar-refractivity contribution in [3.05, 3.63) is 41.9 Å². The number of amides is 1. The summed E-state index contributed by atoms with van der Waals surface area (Å²) in [7, 11) is 1.52. The molecule has 0 aliphatic carbocycles. The van der Waals surface area contributed by atoms with Crippen LogP contribution in [0.3, 0.4) is 0 Å². The van der Waals surface area contributed by atoms with Crippen LogP contribution in [-0.2, 0) is 0 Å². The van der Waals surface area contributed by atoms with Crippen molar-refractivity contribution in [1.29, 1.82) is 0 Å². The van der Waals surface area contributed by atoms with Gasteiger partial charge in [0.15, 0.2) is 5.69 Å². The van der Waals surface area contributed by atoms with Crippen molar-refractivity contribution in [1.82, 2.24) is 20.1 Å². The quantitative estimate of drug-likeness (QED) is 0.846. The van der Waals surface area contributed by atoms with Gasteiger partial charge in [0.25, 0.3) is 5.91 Å². The topological polar surface area (TPSA) is 71.5 Å². The van der Waals surface area contributed by atoms with Crippen molar-refractivity contribution in [2.45, 2.75) is 6.92 Å². The number of aromatic nitrogens is 3. The highest BCUT2D eigenvalue weighted by Gasteiger charge is 2.24. The number of carbonyl (C=O) groups is 1. The number of nitrogens with zero attached hydrogens (tertiary/aromatic N) is 5. The zero-order valence-electron chi connectivity index (χ0n) is 13.3. The number of rotatable bonds is 3. The van der Waals surface area contributed by atoms with Crippen LogP contribution < -0.4 is 9.64 Å². The van der Waals surface area contributed by atoms with Gasteiger partial charge in [0, 0.05) is 38.4 Å². The maximum Gasteiger partial charge on any atom is 0.274 e. The number of ether oxygens (including phenoxy) is 1. The fraction of sp³-hybridized carbons (Fsp3) is 0.375. The molecule has 0 N–H and O–H groups in total. The van der Waals surface area contributed by atoms with Gasteiger partial charge in [-0.05, 0) is 24.6 Å². The molecule has 120 valence electrons. The number of piperazine rings is 1. The van der Waals surface area contributed by atoms with Crippen LogP contribution in [0.2, 0.25) is 0 Å². The lowest BCUT2D eigenvalue weighted by atomic mass is 10.2. The van der Waals surface area contributed by atoms with Crippen molar-refractivity contribution in [2.24, 2.45) is 0 Å². The molecule has 3 rings (SSSR count). The predicted molar refractivity (Wildman–Crippen MR) is 85.7 cm³/mol. The highest BCUT2D eigenvalue weighted by Crippen LogP contribution is 2.20. The van der Waals surface area contributed by atoms with Crippen LogP contribution >= 0.6 is 0 Å². The Morgan fingerprint density at radius 1 is 1.13 bits per heavy atom. The zero-order chi connectivity index (χ0) is 16.2. The van der Waals surface area contributed by atoms with Gasteiger partial charge in [0.05, 0.1) is 19.0 Å². The van der Waals surface area contributed by atoms with Gasteiger partial charge < -0.3 is 14.5 Å². The van der Waals surface area contributed by atoms with E-state index in [0.29, 0.717) is 24.7 Å². The Kier molecular flexibility index (Phi) is 4.36. The molecular formula is C16H19N5O2. The van der Waals surface area contributed by atoms with E-state index in [9.17, 15) is 4.79 Å². The summed E-state index contributed by atoms with van der Waals surface area (Å²) in [6, 6.07) is 5.29. The Bertz CT molecular complexity index is 681. The van der Waals surface area contributed by atoms with Gasteiger partial charge in [-0.3, -0.25) is 9.78 Å². The largest absolute Gasteiger partial charge is 0.480 e. The molecule has 3 heterocycles. The summed E-state index contributed by atoms with van der Waals surface area (Å²) in [6.07, 6.45) is 3.67. The number of anilines is 1. The molecule has 0 saturated carbocycles. The number of hydrogen-bond acceptors (Lipinski definition) is 6. The second-order valence-electron chi connectivity index (χ2n) is 5.40. The molecule has 7 nitrogen and oxygen atoms in total. The maximum atomic E-state index is 12.5. The Morgan fingerprint density at radius 3 is 2.52 bits per heavy atom. The number of aryl methyl sites for hydroxylation is 1. The smallest absolute Gasteiger partial charge is 0.274 e. The molecule has 2 aromatic heterocycles. The molecule has 0 unspecified atom stereocenters. The zero-order valence-corrected chi connectivity index (χ0v) is 13.3. The molecule has 0 radical (unpaired) electrons. The summed E-state index contributed by atoms with van der Waals surface area (Å²) in [5, 5.41) is 7.77. The lowest BCUT2D eigenvalue weighted by Crippen LogP contribution is -2.49. The van der Waals surface area contributed by atoms with E-state index in [1.165, 1.54) is 12.7 Å². The molecular weight excluding hydrogens is 294 g/mol. The molecule has 1 saturated heterocycles. The molecule has 0 spiro atoms. The van der Waals surface area contributed by atoms with E-state index in [2.05, 4.69) is 27.0 Å². The predicted octanol–water partition coefficient (Wildman–Crippen LogP) is 1.15. The van der Waals surface area contributed by atoms with Crippen LogP contribution in [0.1, 0.15) is 16.1 Å². The first-order chi connectivity index (χ1) is 11.2. The summed E-state index contributed by atoms with van der Waals surface area (Å²) in [4.78, 5) is 20.7. The van der Waals surface area contributed by atoms with Crippen molar-refractivity contribution in [3.8, 4) is 5.88 Å². The van der Waals surface area contributed by atoms with Crippen molar-refractivity contribution >= 4 is 11.6 Å². The first kappa shape index (κ1) is 15.2. The van der Waals surface area contributed by atoms with Gasteiger partial charge in [-0.15, -0.1) is 10.2 Å². The monoisotopic (exact) mass is 313 g/mol. The first-order valence-electron chi connectivity index (χ1n) is 7.51. The van der Waals surface area contributed by atoms with E-state index >= 15 is 0 Å². The van der Waals surface area contributed by atoms with E-state index in [0.717, 1.165) is 18.8 Å². The van der Waals surface area contributed by atoms with E-state index < -0.39 is 0 Å². The fourth-order valence-electron chi connectivity index (χ4n) is 2.64. The summed E-state index contributed by atoms with van der Waals surface area (Å²) < 4.78 is 4.96. The Labute approximate surface area is 134 Å². The fourth-order valence-corrected chi connectivity index (χ4v) is 2.64. The summed E-state index contributed by atoms with van der Waals surface area (Å²) in [5.74, 6) is 0.307. The van der Waals surface area contributed by atoms with E-state index in [1.807, 2.05) is 12.3 Å². The molecule has 2 aromatic rings. The molecule has 0 atom stereocenters. The standard InChI is InChI=1S/C16H19N5O2/c1-12-5-6-17-11-14(12)20-7-9-21(10-8-20)16(22)13-3-4-15(23-2)19-18-13/h3-6,11H,7-10H2,1-2H3. The minimum Gasteiger partial charge on any atom is -0.480 e. The van der Waals surface area contributed by atoms with Crippen molar-refractivity contribution in [2.75, 3.05) is 38.2 Å². The molecule has 1 fully saturated rings. The van der Waals surface area contributed by atoms with Gasteiger partial charge in [0.1, 0.15) is 0 Å². The molecule has 23 heavy (non-hydrogen) atoms. The summed E-state index contributed by atoms with van der Waals surface area (Å²) in [5.41, 5.74) is 2.67. The lowest BCUT2D eigenvalue weighted by Gasteiger charge is -2.36. The summed E-state index contributed by atoms with van der Waals surface area (Å²) in [6.45, 7) is 4.94. The van der Waals surface area contributed by atoms with Gasteiger partial charge in [-0.2, -0.15) is 0 Å². The first-order valence-corrected chi connectivity index (χ1v) is 7.51. The minimum atomic E-state index is -0.0947. The van der Waals surface area contributed by atoms with Crippen LogP contribution in [0.4, 0.5) is 5.69 Å². The Hall–Kier alpha value is -2.70. The average molecular weight is 313 g/mol. The normalized spacial score (nSPS) is 14.7. The number of methoxy groups -OCH3 is 1. The molecule has 1 aliphatic heterocycles. The second kappa shape index (κ2) is 6.60. The van der Waals surface area contributed by atoms with Crippen LogP contribution in [0.15, 0.2) is 30.6 Å². The number of carbonyl (C=O) groups excluding carboxylic acids is 1. The third kappa shape index (κ3) is 3.23. The van der Waals surface area contributed by atoms with Crippen molar-refractivity contribution in [3.63, 3.8) is 0 Å². The van der Waals surface area contributed by atoms with Crippen LogP contribution in [0, 0.1) is 6.92 Å². The Balaban J connectivity index is 1.64. The lowest BCUT2D eigenvalue weighted by molar-refractivity contribution is 0.0739. The second-order valence-corrected chi connectivity index (χ2v) is 5.40. The van der Waals surface area contributed by atoms with Gasteiger partial charge in [-0.1, -0.05) is 0 Å². The molecule has 0 aromatic carbocycles. The number of hydrogen-bond donors (Lipinski definition) is 0. The SMILES string of the molecule is COc1ccc(C(=O)N2CCN(c3cnccc3C)CC2)nn1. The highest BCUT2D eigenvalue weighted by atomic mass is 16.5. The van der Waals surface area contributed by atoms with Gasteiger partial charge >= 0.3 is 0 Å². The average Bonchev–Trinajstić information content (AvgIpc) is 2.62. The maximum absolute atomic E-state index is 12.5. The van der Waals surface area contributed by atoms with Gasteiger partial charge in [0.2, 0.25) is 5.88 Å². The molecule has 1 amide bonds. The third-order valence-corrected chi connectivity index (χ3v) is 3.99. The summed E-state index contributed by atoms with van der Waals surface area (Å²) >= 11 is 0. The van der Waals surface area contributed by atoms with Crippen molar-refractivity contribution < 1.29 is 9.53 Å². The minimum absolute atomic E-state index is 0.0947. The molecule has 7 heteroatoms. The molecule has 0 bridgehead atoms. The van der Waals surface area contributed by atoms with E-state index in [4.69, 9.17) is 4.74 Å². The third-order valence-electron chi connectivity index (χ3n) is 3.99. The van der Waals surface area contributed by atoms with Crippen LogP contribution in [-0.4, -0.2) is 59.3 Å². The Morgan fingerprint density at radius 2 is 1.91 bits per heavy atom. The highest BCUT2D eigenvalue weighted by molar-refractivity contribution is 5.92. The van der Waals surface area contributed by atoms with E-state index in [-0.39, 0.29) is 5.91 Å². The van der Waals surface area contributed by atoms with Crippen LogP contribution in [0.25, 0.3) is 0 Å². The number of pyridine rings is 1. The van der Waals surface area contributed by atoms with Crippen LogP contribution in [0.5, 0.6) is 5.88 Å². The van der Waals surface area contributed by atoms with Gasteiger partial charge in [-0.25, -0.2) is 0 Å². The van der Waals surface area contributed by atoms with E-state index in [1.54, 1.807) is 23.2 Å². The molecule has 1 aliphatic rings.